The Morgan fingerprint density at radius 3 is 2.56 bits per heavy atom. The Bertz CT molecular complexity index is 478. The monoisotopic (exact) mass is 258 g/mol. The Labute approximate surface area is 102 Å². The van der Waals surface area contributed by atoms with E-state index in [1.165, 1.54) is 0 Å². The number of carbonyl (C=O) groups excluding carboxylic acids is 1. The first kappa shape index (κ1) is 13.9. The smallest absolute Gasteiger partial charge is 0.303 e. The van der Waals surface area contributed by atoms with E-state index in [-0.39, 0.29) is 24.9 Å². The zero-order valence-corrected chi connectivity index (χ0v) is 9.37. The van der Waals surface area contributed by atoms with Crippen molar-refractivity contribution < 1.29 is 23.5 Å². The van der Waals surface area contributed by atoms with E-state index in [0.29, 0.717) is 0 Å². The molecule has 0 aliphatic carbocycles. The molecule has 5 nitrogen and oxygen atoms in total. The summed E-state index contributed by atoms with van der Waals surface area (Å²) in [5.41, 5.74) is 4.88. The largest absolute Gasteiger partial charge is 0.481 e. The van der Waals surface area contributed by atoms with Crippen molar-refractivity contribution in [1.29, 1.82) is 0 Å². The van der Waals surface area contributed by atoms with Crippen LogP contribution in [0.25, 0.3) is 0 Å². The number of hydrogen-bond acceptors (Lipinski definition) is 3. The number of aliphatic carboxylic acids is 1. The lowest BCUT2D eigenvalue weighted by Crippen LogP contribution is -2.15. The molecular formula is C11H12F2N2O3. The summed E-state index contributed by atoms with van der Waals surface area (Å²) in [6.45, 7) is 0. The molecule has 98 valence electrons. The molecule has 0 saturated carbocycles. The van der Waals surface area contributed by atoms with Crippen LogP contribution in [0.2, 0.25) is 0 Å². The highest BCUT2D eigenvalue weighted by atomic mass is 19.2. The maximum atomic E-state index is 13.3. The third-order valence-electron chi connectivity index (χ3n) is 2.19. The van der Waals surface area contributed by atoms with Crippen LogP contribution in [-0.2, 0) is 9.59 Å². The molecule has 0 fully saturated rings. The van der Waals surface area contributed by atoms with Crippen molar-refractivity contribution in [2.75, 3.05) is 11.1 Å². The van der Waals surface area contributed by atoms with Crippen LogP contribution < -0.4 is 11.1 Å². The maximum absolute atomic E-state index is 13.3. The quantitative estimate of drug-likeness (QED) is 0.701. The molecule has 0 heterocycles. The van der Waals surface area contributed by atoms with Gasteiger partial charge in [-0.25, -0.2) is 8.78 Å². The Balaban J connectivity index is 2.65. The first-order chi connectivity index (χ1) is 8.41. The van der Waals surface area contributed by atoms with E-state index >= 15 is 0 Å². The van der Waals surface area contributed by atoms with Crippen LogP contribution >= 0.6 is 0 Å². The average molecular weight is 258 g/mol. The van der Waals surface area contributed by atoms with Crippen LogP contribution in [0.1, 0.15) is 19.3 Å². The lowest BCUT2D eigenvalue weighted by Gasteiger charge is -2.09. The minimum absolute atomic E-state index is 0.0968. The second kappa shape index (κ2) is 5.95. The van der Waals surface area contributed by atoms with Gasteiger partial charge in [-0.15, -0.1) is 0 Å². The molecule has 1 rings (SSSR count). The summed E-state index contributed by atoms with van der Waals surface area (Å²) in [5.74, 6) is -4.00. The second-order valence-corrected chi connectivity index (χ2v) is 3.62. The van der Waals surface area contributed by atoms with Crippen molar-refractivity contribution in [2.45, 2.75) is 19.3 Å². The highest BCUT2D eigenvalue weighted by Crippen LogP contribution is 2.24. The third kappa shape index (κ3) is 3.69. The van der Waals surface area contributed by atoms with Crippen molar-refractivity contribution in [3.05, 3.63) is 23.8 Å². The van der Waals surface area contributed by atoms with E-state index < -0.39 is 29.2 Å². The highest BCUT2D eigenvalue weighted by Gasteiger charge is 2.14. The minimum Gasteiger partial charge on any atom is -0.481 e. The van der Waals surface area contributed by atoms with E-state index in [2.05, 4.69) is 5.32 Å². The molecule has 0 spiro atoms. The van der Waals surface area contributed by atoms with Gasteiger partial charge in [0.2, 0.25) is 5.91 Å². The minimum atomic E-state index is -1.23. The van der Waals surface area contributed by atoms with Gasteiger partial charge in [0.1, 0.15) is 5.69 Å². The fourth-order valence-electron chi connectivity index (χ4n) is 1.29. The average Bonchev–Trinajstić information content (AvgIpc) is 2.29. The maximum Gasteiger partial charge on any atom is 0.303 e. The molecule has 0 saturated heterocycles. The summed E-state index contributed by atoms with van der Waals surface area (Å²) in [4.78, 5) is 21.6. The number of benzene rings is 1. The van der Waals surface area contributed by atoms with Crippen molar-refractivity contribution in [2.24, 2.45) is 0 Å². The molecular weight excluding hydrogens is 246 g/mol. The number of carboxylic acids is 1. The molecule has 1 aromatic carbocycles. The van der Waals surface area contributed by atoms with Gasteiger partial charge in [0.25, 0.3) is 0 Å². The van der Waals surface area contributed by atoms with Gasteiger partial charge in [-0.3, -0.25) is 9.59 Å². The van der Waals surface area contributed by atoms with E-state index in [1.807, 2.05) is 0 Å². The molecule has 1 amide bonds. The number of anilines is 2. The number of nitrogens with one attached hydrogen (secondary N) is 1. The molecule has 0 aliphatic heterocycles. The van der Waals surface area contributed by atoms with Crippen LogP contribution in [0.3, 0.4) is 0 Å². The second-order valence-electron chi connectivity index (χ2n) is 3.62. The summed E-state index contributed by atoms with van der Waals surface area (Å²) < 4.78 is 26.2. The first-order valence-corrected chi connectivity index (χ1v) is 5.17. The van der Waals surface area contributed by atoms with Crippen LogP contribution in [-0.4, -0.2) is 17.0 Å². The molecule has 0 atom stereocenters. The number of nitrogens with two attached hydrogens (primary N) is 1. The Kier molecular flexibility index (Phi) is 4.59. The number of halogens is 2. The lowest BCUT2D eigenvalue weighted by atomic mass is 10.2. The number of amides is 1. The number of nitrogen functional groups attached to an aromatic ring is 1. The van der Waals surface area contributed by atoms with Crippen molar-refractivity contribution in [3.8, 4) is 0 Å². The van der Waals surface area contributed by atoms with E-state index in [9.17, 15) is 18.4 Å². The van der Waals surface area contributed by atoms with Gasteiger partial charge >= 0.3 is 5.97 Å². The van der Waals surface area contributed by atoms with Crippen molar-refractivity contribution in [1.82, 2.24) is 0 Å². The summed E-state index contributed by atoms with van der Waals surface area (Å²) in [7, 11) is 0. The molecule has 18 heavy (non-hydrogen) atoms. The topological polar surface area (TPSA) is 92.4 Å². The Hall–Kier alpha value is -2.18. The molecule has 4 N–H and O–H groups in total. The molecule has 0 aliphatic rings. The third-order valence-corrected chi connectivity index (χ3v) is 2.19. The normalized spacial score (nSPS) is 10.1. The molecule has 0 bridgehead atoms. The summed E-state index contributed by atoms with van der Waals surface area (Å²) in [5, 5.41) is 10.5. The van der Waals surface area contributed by atoms with E-state index in [4.69, 9.17) is 10.8 Å². The molecule has 0 unspecified atom stereocenters. The zero-order valence-electron chi connectivity index (χ0n) is 9.37. The summed E-state index contributed by atoms with van der Waals surface area (Å²) >= 11 is 0. The lowest BCUT2D eigenvalue weighted by molar-refractivity contribution is -0.137. The predicted molar refractivity (Wildman–Crippen MR) is 60.9 cm³/mol. The van der Waals surface area contributed by atoms with Gasteiger partial charge < -0.3 is 16.2 Å². The van der Waals surface area contributed by atoms with Gasteiger partial charge in [0, 0.05) is 12.8 Å². The summed E-state index contributed by atoms with van der Waals surface area (Å²) in [6, 6.07) is 1.98. The Morgan fingerprint density at radius 2 is 1.94 bits per heavy atom. The number of carbonyl (C=O) groups is 2. The van der Waals surface area contributed by atoms with Crippen molar-refractivity contribution >= 4 is 23.3 Å². The standard InChI is InChI=1S/C11H12F2N2O3/c12-6-4-5-7(14)11(10(6)13)15-8(16)2-1-3-9(17)18/h4-5H,1-3,14H2,(H,15,16)(H,17,18). The first-order valence-electron chi connectivity index (χ1n) is 5.17. The zero-order chi connectivity index (χ0) is 13.7. The fraction of sp³-hybridized carbons (Fsp3) is 0.273. The van der Waals surface area contributed by atoms with Gasteiger partial charge in [-0.1, -0.05) is 0 Å². The van der Waals surface area contributed by atoms with E-state index in [0.717, 1.165) is 12.1 Å². The van der Waals surface area contributed by atoms with E-state index in [1.54, 1.807) is 0 Å². The van der Waals surface area contributed by atoms with Crippen LogP contribution in [0.15, 0.2) is 12.1 Å². The van der Waals surface area contributed by atoms with Crippen LogP contribution in [0.5, 0.6) is 0 Å². The number of hydrogen-bond donors (Lipinski definition) is 3. The highest BCUT2D eigenvalue weighted by molar-refractivity contribution is 5.94. The number of carboxylic acid groups (broad SMARTS) is 1. The van der Waals surface area contributed by atoms with Gasteiger partial charge in [-0.05, 0) is 18.6 Å². The molecule has 1 aromatic rings. The van der Waals surface area contributed by atoms with Crippen molar-refractivity contribution in [3.63, 3.8) is 0 Å². The molecule has 0 radical (unpaired) electrons. The molecule has 0 aromatic heterocycles. The molecule has 7 heteroatoms. The van der Waals surface area contributed by atoms with Gasteiger partial charge in [0.05, 0.1) is 5.69 Å². The van der Waals surface area contributed by atoms with Gasteiger partial charge in [0.15, 0.2) is 11.6 Å². The number of rotatable bonds is 5. The van der Waals surface area contributed by atoms with Crippen LogP contribution in [0, 0.1) is 11.6 Å². The SMILES string of the molecule is Nc1ccc(F)c(F)c1NC(=O)CCCC(=O)O. The summed E-state index contributed by atoms with van der Waals surface area (Å²) in [6.07, 6.45) is -0.172. The fourth-order valence-corrected chi connectivity index (χ4v) is 1.29. The Morgan fingerprint density at radius 1 is 1.28 bits per heavy atom. The van der Waals surface area contributed by atoms with Gasteiger partial charge in [-0.2, -0.15) is 0 Å². The van der Waals surface area contributed by atoms with Crippen LogP contribution in [0.4, 0.5) is 20.2 Å². The predicted octanol–water partition coefficient (Wildman–Crippen LogP) is 1.74.